The first kappa shape index (κ1) is 14.1. The molecule has 1 N–H and O–H groups in total. The average Bonchev–Trinajstić information content (AvgIpc) is 2.75. The van der Waals surface area contributed by atoms with Crippen molar-refractivity contribution in [2.75, 3.05) is 6.54 Å². The molecule has 96 valence electrons. The Morgan fingerprint density at radius 1 is 1.33 bits per heavy atom. The van der Waals surface area contributed by atoms with E-state index < -0.39 is 0 Å². The molecular formula is C14H15BrClNS. The van der Waals surface area contributed by atoms with Crippen molar-refractivity contribution in [3.63, 3.8) is 0 Å². The van der Waals surface area contributed by atoms with Gasteiger partial charge in [0.15, 0.2) is 0 Å². The quantitative estimate of drug-likeness (QED) is 0.799. The van der Waals surface area contributed by atoms with Gasteiger partial charge < -0.3 is 5.32 Å². The van der Waals surface area contributed by atoms with Crippen LogP contribution in [0, 0.1) is 0 Å². The van der Waals surface area contributed by atoms with Crippen molar-refractivity contribution in [2.24, 2.45) is 0 Å². The molecule has 1 aromatic heterocycles. The molecule has 2 rings (SSSR count). The minimum Gasteiger partial charge on any atom is -0.309 e. The fourth-order valence-corrected chi connectivity index (χ4v) is 3.52. The molecule has 1 aromatic carbocycles. The summed E-state index contributed by atoms with van der Waals surface area (Å²) >= 11 is 11.2. The van der Waals surface area contributed by atoms with Gasteiger partial charge in [0.1, 0.15) is 0 Å². The number of hydrogen-bond donors (Lipinski definition) is 1. The highest BCUT2D eigenvalue weighted by Crippen LogP contribution is 2.29. The standard InChI is InChI=1S/C14H15BrClNS/c1-2-17-12(13-6-7-14(16)18-13)9-10-4-3-5-11(15)8-10/h3-8,12,17H,2,9H2,1H3. The number of thiophene rings is 1. The third kappa shape index (κ3) is 3.82. The molecule has 1 heterocycles. The number of rotatable bonds is 5. The molecule has 18 heavy (non-hydrogen) atoms. The van der Waals surface area contributed by atoms with Crippen molar-refractivity contribution in [3.8, 4) is 0 Å². The van der Waals surface area contributed by atoms with Crippen molar-refractivity contribution in [3.05, 3.63) is 55.6 Å². The normalized spacial score (nSPS) is 12.6. The Morgan fingerprint density at radius 3 is 2.78 bits per heavy atom. The second-order valence-electron chi connectivity index (χ2n) is 4.09. The first-order valence-corrected chi connectivity index (χ1v) is 7.91. The zero-order chi connectivity index (χ0) is 13.0. The molecule has 0 aliphatic carbocycles. The highest BCUT2D eigenvalue weighted by molar-refractivity contribution is 9.10. The van der Waals surface area contributed by atoms with Crippen molar-refractivity contribution < 1.29 is 0 Å². The van der Waals surface area contributed by atoms with E-state index in [0.717, 1.165) is 21.8 Å². The van der Waals surface area contributed by atoms with E-state index in [9.17, 15) is 0 Å². The molecule has 0 spiro atoms. The maximum atomic E-state index is 6.02. The van der Waals surface area contributed by atoms with Crippen LogP contribution in [0.2, 0.25) is 4.34 Å². The Bertz CT molecular complexity index is 512. The van der Waals surface area contributed by atoms with E-state index in [1.54, 1.807) is 11.3 Å². The van der Waals surface area contributed by atoms with E-state index in [4.69, 9.17) is 11.6 Å². The van der Waals surface area contributed by atoms with Gasteiger partial charge in [-0.3, -0.25) is 0 Å². The molecule has 0 amide bonds. The predicted molar refractivity (Wildman–Crippen MR) is 83.6 cm³/mol. The van der Waals surface area contributed by atoms with Gasteiger partial charge in [-0.1, -0.05) is 46.6 Å². The summed E-state index contributed by atoms with van der Waals surface area (Å²) in [4.78, 5) is 1.29. The summed E-state index contributed by atoms with van der Waals surface area (Å²) in [6.45, 7) is 3.08. The van der Waals surface area contributed by atoms with Crippen LogP contribution in [0.1, 0.15) is 23.4 Å². The molecule has 1 nitrogen and oxygen atoms in total. The zero-order valence-electron chi connectivity index (χ0n) is 10.1. The van der Waals surface area contributed by atoms with Crippen LogP contribution in [0.5, 0.6) is 0 Å². The van der Waals surface area contributed by atoms with Gasteiger partial charge in [-0.05, 0) is 42.8 Å². The lowest BCUT2D eigenvalue weighted by molar-refractivity contribution is 0.558. The summed E-state index contributed by atoms with van der Waals surface area (Å²) in [5, 5.41) is 3.52. The van der Waals surface area contributed by atoms with Crippen molar-refractivity contribution in [1.82, 2.24) is 5.32 Å². The van der Waals surface area contributed by atoms with Gasteiger partial charge in [-0.2, -0.15) is 0 Å². The fraction of sp³-hybridized carbons (Fsp3) is 0.286. The Labute approximate surface area is 125 Å². The molecule has 0 bridgehead atoms. The van der Waals surface area contributed by atoms with Gasteiger partial charge in [0.2, 0.25) is 0 Å². The maximum absolute atomic E-state index is 6.02. The van der Waals surface area contributed by atoms with E-state index in [2.05, 4.69) is 52.4 Å². The van der Waals surface area contributed by atoms with Gasteiger partial charge >= 0.3 is 0 Å². The third-order valence-corrected chi connectivity index (χ3v) is 4.55. The van der Waals surface area contributed by atoms with Crippen molar-refractivity contribution in [1.29, 1.82) is 0 Å². The van der Waals surface area contributed by atoms with Crippen molar-refractivity contribution in [2.45, 2.75) is 19.4 Å². The topological polar surface area (TPSA) is 12.0 Å². The second-order valence-corrected chi connectivity index (χ2v) is 6.75. The third-order valence-electron chi connectivity index (χ3n) is 2.72. The summed E-state index contributed by atoms with van der Waals surface area (Å²) < 4.78 is 1.97. The largest absolute Gasteiger partial charge is 0.309 e. The monoisotopic (exact) mass is 343 g/mol. The van der Waals surface area contributed by atoms with E-state index in [1.165, 1.54) is 10.4 Å². The molecule has 0 aliphatic heterocycles. The lowest BCUT2D eigenvalue weighted by Crippen LogP contribution is -2.22. The second kappa shape index (κ2) is 6.71. The summed E-state index contributed by atoms with van der Waals surface area (Å²) in [6, 6.07) is 12.9. The average molecular weight is 345 g/mol. The first-order valence-electron chi connectivity index (χ1n) is 5.92. The molecule has 0 fully saturated rings. The van der Waals surface area contributed by atoms with E-state index in [0.29, 0.717) is 6.04 Å². The van der Waals surface area contributed by atoms with Gasteiger partial charge in [0.25, 0.3) is 0 Å². The minimum atomic E-state index is 0.335. The summed E-state index contributed by atoms with van der Waals surface area (Å²) in [5.41, 5.74) is 1.32. The number of benzene rings is 1. The lowest BCUT2D eigenvalue weighted by atomic mass is 10.0. The summed E-state index contributed by atoms with van der Waals surface area (Å²) in [7, 11) is 0. The number of likely N-dealkylation sites (N-methyl/N-ethyl adjacent to an activating group) is 1. The fourth-order valence-electron chi connectivity index (χ4n) is 1.93. The molecular weight excluding hydrogens is 330 g/mol. The van der Waals surface area contributed by atoms with Crippen LogP contribution in [-0.2, 0) is 6.42 Å². The van der Waals surface area contributed by atoms with Crippen LogP contribution in [0.15, 0.2) is 40.9 Å². The van der Waals surface area contributed by atoms with Gasteiger partial charge in [0, 0.05) is 15.4 Å². The Kier molecular flexibility index (Phi) is 5.25. The highest BCUT2D eigenvalue weighted by atomic mass is 79.9. The van der Waals surface area contributed by atoms with Crippen LogP contribution >= 0.6 is 38.9 Å². The molecule has 2 aromatic rings. The first-order chi connectivity index (χ1) is 8.69. The number of halogens is 2. The predicted octanol–water partition coefficient (Wildman–Crippen LogP) is 5.06. The lowest BCUT2D eigenvalue weighted by Gasteiger charge is -2.16. The molecule has 0 aliphatic rings. The number of hydrogen-bond acceptors (Lipinski definition) is 2. The molecule has 0 saturated heterocycles. The minimum absolute atomic E-state index is 0.335. The Balaban J connectivity index is 2.16. The van der Waals surface area contributed by atoms with Gasteiger partial charge in [-0.15, -0.1) is 11.3 Å². The summed E-state index contributed by atoms with van der Waals surface area (Å²) in [6.07, 6.45) is 0.976. The van der Waals surface area contributed by atoms with Crippen LogP contribution in [0.25, 0.3) is 0 Å². The molecule has 0 saturated carbocycles. The molecule has 0 radical (unpaired) electrons. The molecule has 4 heteroatoms. The van der Waals surface area contributed by atoms with E-state index >= 15 is 0 Å². The van der Waals surface area contributed by atoms with Gasteiger partial charge in [0.05, 0.1) is 4.34 Å². The molecule has 1 atom stereocenters. The van der Waals surface area contributed by atoms with Crippen LogP contribution < -0.4 is 5.32 Å². The highest BCUT2D eigenvalue weighted by Gasteiger charge is 2.13. The summed E-state index contributed by atoms with van der Waals surface area (Å²) in [5.74, 6) is 0. The van der Waals surface area contributed by atoms with Crippen LogP contribution in [0.3, 0.4) is 0 Å². The number of nitrogens with one attached hydrogen (secondary N) is 1. The van der Waals surface area contributed by atoms with Gasteiger partial charge in [-0.25, -0.2) is 0 Å². The van der Waals surface area contributed by atoms with E-state index in [1.807, 2.05) is 12.1 Å². The van der Waals surface area contributed by atoms with E-state index in [-0.39, 0.29) is 0 Å². The van der Waals surface area contributed by atoms with Crippen LogP contribution in [0.4, 0.5) is 0 Å². The maximum Gasteiger partial charge on any atom is 0.0931 e. The Hall–Kier alpha value is -0.350. The SMILES string of the molecule is CCNC(Cc1cccc(Br)c1)c1ccc(Cl)s1. The smallest absolute Gasteiger partial charge is 0.0931 e. The van der Waals surface area contributed by atoms with Crippen LogP contribution in [-0.4, -0.2) is 6.54 Å². The van der Waals surface area contributed by atoms with Crippen molar-refractivity contribution >= 4 is 38.9 Å². The Morgan fingerprint density at radius 2 is 2.17 bits per heavy atom. The zero-order valence-corrected chi connectivity index (χ0v) is 13.3. The molecule has 1 unspecified atom stereocenters.